The van der Waals surface area contributed by atoms with Crippen LogP contribution in [0.3, 0.4) is 0 Å². The fourth-order valence-electron chi connectivity index (χ4n) is 1.78. The summed E-state index contributed by atoms with van der Waals surface area (Å²) in [6, 6.07) is 6.26. The first-order valence-corrected chi connectivity index (χ1v) is 9.95. The second kappa shape index (κ2) is 12.7. The molecule has 0 aromatic carbocycles. The van der Waals surface area contributed by atoms with E-state index >= 15 is 0 Å². The first-order valence-electron chi connectivity index (χ1n) is 8.80. The largest absolute Gasteiger partial charge is 0.370 e. The van der Waals surface area contributed by atoms with Crippen molar-refractivity contribution < 1.29 is 0 Å². The van der Waals surface area contributed by atoms with Gasteiger partial charge < -0.3 is 11.1 Å². The zero-order chi connectivity index (χ0) is 17.7. The Kier molecular flexibility index (Phi) is 12.2. The van der Waals surface area contributed by atoms with Gasteiger partial charge in [0.15, 0.2) is 0 Å². The number of rotatable bonds is 8. The molecule has 134 valence electrons. The molecule has 0 bridgehead atoms. The maximum absolute atomic E-state index is 5.19. The van der Waals surface area contributed by atoms with Crippen molar-refractivity contribution in [3.63, 3.8) is 0 Å². The van der Waals surface area contributed by atoms with E-state index in [0.29, 0.717) is 5.92 Å². The van der Waals surface area contributed by atoms with Gasteiger partial charge in [0.1, 0.15) is 5.82 Å². The molecule has 1 atom stereocenters. The number of nitrogens with zero attached hydrogens (tertiary/aromatic N) is 1. The molecule has 0 saturated carbocycles. The third-order valence-corrected chi connectivity index (χ3v) is 4.26. The van der Waals surface area contributed by atoms with Crippen molar-refractivity contribution in [1.29, 1.82) is 0 Å². The van der Waals surface area contributed by atoms with Crippen LogP contribution in [0.1, 0.15) is 53.7 Å². The van der Waals surface area contributed by atoms with E-state index in [4.69, 9.17) is 5.73 Å². The number of aromatic nitrogens is 1. The van der Waals surface area contributed by atoms with Crippen LogP contribution in [0.5, 0.6) is 0 Å². The predicted octanol–water partition coefficient (Wildman–Crippen LogP) is 4.83. The molecule has 1 rings (SSSR count). The molecule has 3 N–H and O–H groups in total. The lowest BCUT2D eigenvalue weighted by Gasteiger charge is -2.19. The topological polar surface area (TPSA) is 50.9 Å². The molecular formula is C19H37N3S. The van der Waals surface area contributed by atoms with E-state index in [2.05, 4.69) is 64.0 Å². The smallest absolute Gasteiger partial charge is 0.126 e. The average molecular weight is 340 g/mol. The Morgan fingerprint density at radius 1 is 1.26 bits per heavy atom. The molecule has 4 heteroatoms. The third-order valence-electron chi connectivity index (χ3n) is 3.33. The van der Waals surface area contributed by atoms with Crippen LogP contribution in [0.4, 0.5) is 5.82 Å². The van der Waals surface area contributed by atoms with Crippen molar-refractivity contribution in [2.45, 2.75) is 54.4 Å². The summed E-state index contributed by atoms with van der Waals surface area (Å²) in [6.45, 7) is 15.1. The second-order valence-corrected chi connectivity index (χ2v) is 8.53. The Morgan fingerprint density at radius 3 is 2.43 bits per heavy atom. The molecule has 0 spiro atoms. The molecule has 0 aliphatic heterocycles. The minimum atomic E-state index is 0.286. The number of thioether (sulfide) groups is 1. The Bertz CT molecular complexity index is 398. The van der Waals surface area contributed by atoms with E-state index < -0.39 is 0 Å². The molecule has 0 aliphatic carbocycles. The average Bonchev–Trinajstić information content (AvgIpc) is 2.51. The SMILES string of the molecule is CCC(C)Cc1cccc(NCC(C)(C)C)n1.CCSCCN. The number of hydrogen-bond donors (Lipinski definition) is 2. The van der Waals surface area contributed by atoms with Gasteiger partial charge in [-0.15, -0.1) is 0 Å². The van der Waals surface area contributed by atoms with Gasteiger partial charge >= 0.3 is 0 Å². The first-order chi connectivity index (χ1) is 10.8. The van der Waals surface area contributed by atoms with Crippen LogP contribution >= 0.6 is 11.8 Å². The van der Waals surface area contributed by atoms with E-state index in [1.54, 1.807) is 0 Å². The lowest BCUT2D eigenvalue weighted by Crippen LogP contribution is -2.19. The highest BCUT2D eigenvalue weighted by molar-refractivity contribution is 7.99. The zero-order valence-corrected chi connectivity index (χ0v) is 16.8. The maximum atomic E-state index is 5.19. The van der Waals surface area contributed by atoms with Crippen LogP contribution in [0.25, 0.3) is 0 Å². The van der Waals surface area contributed by atoms with E-state index in [1.807, 2.05) is 17.8 Å². The van der Waals surface area contributed by atoms with Crippen molar-refractivity contribution in [3.8, 4) is 0 Å². The van der Waals surface area contributed by atoms with Crippen molar-refractivity contribution in [3.05, 3.63) is 23.9 Å². The molecule has 1 aromatic heterocycles. The van der Waals surface area contributed by atoms with Crippen LogP contribution in [0.2, 0.25) is 0 Å². The van der Waals surface area contributed by atoms with E-state index in [9.17, 15) is 0 Å². The summed E-state index contributed by atoms with van der Waals surface area (Å²) in [7, 11) is 0. The summed E-state index contributed by atoms with van der Waals surface area (Å²) in [4.78, 5) is 4.65. The number of nitrogens with one attached hydrogen (secondary N) is 1. The highest BCUT2D eigenvalue weighted by Gasteiger charge is 2.10. The Labute approximate surface area is 148 Å². The van der Waals surface area contributed by atoms with Crippen molar-refractivity contribution in [1.82, 2.24) is 4.98 Å². The monoisotopic (exact) mass is 339 g/mol. The first kappa shape index (κ1) is 22.3. The van der Waals surface area contributed by atoms with Gasteiger partial charge in [-0.3, -0.25) is 0 Å². The van der Waals surface area contributed by atoms with Gasteiger partial charge in [0.2, 0.25) is 0 Å². The standard InChI is InChI=1S/C15H26N2.C4H11NS/c1-6-12(2)10-13-8-7-9-14(17-13)16-11-15(3,4)5;1-2-6-4-3-5/h7-9,12H,6,10-11H2,1-5H3,(H,16,17);2-5H2,1H3. The van der Waals surface area contributed by atoms with Gasteiger partial charge in [-0.05, 0) is 35.6 Å². The number of nitrogens with two attached hydrogens (primary N) is 1. The summed E-state index contributed by atoms with van der Waals surface area (Å²) in [5.74, 6) is 4.01. The van der Waals surface area contributed by atoms with Gasteiger partial charge in [0.25, 0.3) is 0 Å². The molecule has 0 saturated heterocycles. The van der Waals surface area contributed by atoms with Gasteiger partial charge in [-0.2, -0.15) is 11.8 Å². The van der Waals surface area contributed by atoms with Crippen LogP contribution in [-0.4, -0.2) is 29.6 Å². The normalized spacial score (nSPS) is 12.3. The quantitative estimate of drug-likeness (QED) is 0.666. The van der Waals surface area contributed by atoms with E-state index in [1.165, 1.54) is 17.9 Å². The fourth-order valence-corrected chi connectivity index (χ4v) is 2.23. The zero-order valence-electron chi connectivity index (χ0n) is 16.0. The fraction of sp³-hybridized carbons (Fsp3) is 0.737. The molecule has 0 radical (unpaired) electrons. The molecule has 0 amide bonds. The van der Waals surface area contributed by atoms with Gasteiger partial charge in [-0.25, -0.2) is 4.98 Å². The molecule has 0 fully saturated rings. The highest BCUT2D eigenvalue weighted by atomic mass is 32.2. The van der Waals surface area contributed by atoms with E-state index in [-0.39, 0.29) is 5.41 Å². The summed E-state index contributed by atoms with van der Waals surface area (Å²) in [5, 5.41) is 3.41. The molecule has 23 heavy (non-hydrogen) atoms. The summed E-state index contributed by atoms with van der Waals surface area (Å²) >= 11 is 1.88. The van der Waals surface area contributed by atoms with Gasteiger partial charge in [-0.1, -0.05) is 54.0 Å². The minimum Gasteiger partial charge on any atom is -0.370 e. The maximum Gasteiger partial charge on any atom is 0.126 e. The Balaban J connectivity index is 0.000000688. The van der Waals surface area contributed by atoms with Crippen LogP contribution in [0, 0.1) is 11.3 Å². The lowest BCUT2D eigenvalue weighted by atomic mass is 9.97. The predicted molar refractivity (Wildman–Crippen MR) is 107 cm³/mol. The molecule has 3 nitrogen and oxygen atoms in total. The van der Waals surface area contributed by atoms with Crippen molar-refractivity contribution >= 4 is 17.6 Å². The number of anilines is 1. The van der Waals surface area contributed by atoms with Crippen molar-refractivity contribution in [2.75, 3.05) is 29.9 Å². The van der Waals surface area contributed by atoms with Gasteiger partial charge in [0.05, 0.1) is 0 Å². The van der Waals surface area contributed by atoms with Crippen LogP contribution in [0.15, 0.2) is 18.2 Å². The van der Waals surface area contributed by atoms with Gasteiger partial charge in [0, 0.05) is 24.5 Å². The Hall–Kier alpha value is -0.740. The molecule has 1 heterocycles. The summed E-state index contributed by atoms with van der Waals surface area (Å²) < 4.78 is 0. The molecule has 0 aliphatic rings. The highest BCUT2D eigenvalue weighted by Crippen LogP contribution is 2.16. The lowest BCUT2D eigenvalue weighted by molar-refractivity contribution is 0.442. The molecule has 1 unspecified atom stereocenters. The molecule has 1 aromatic rings. The van der Waals surface area contributed by atoms with E-state index in [0.717, 1.165) is 31.1 Å². The third kappa shape index (κ3) is 13.4. The summed E-state index contributed by atoms with van der Waals surface area (Å²) in [6.07, 6.45) is 2.28. The number of hydrogen-bond acceptors (Lipinski definition) is 4. The van der Waals surface area contributed by atoms with Crippen molar-refractivity contribution in [2.24, 2.45) is 17.1 Å². The van der Waals surface area contributed by atoms with Crippen LogP contribution in [-0.2, 0) is 6.42 Å². The second-order valence-electron chi connectivity index (χ2n) is 7.13. The molecular weight excluding hydrogens is 302 g/mol. The number of pyridine rings is 1. The Morgan fingerprint density at radius 2 is 1.96 bits per heavy atom. The minimum absolute atomic E-state index is 0.286. The summed E-state index contributed by atoms with van der Waals surface area (Å²) in [5.41, 5.74) is 6.67. The van der Waals surface area contributed by atoms with Crippen LogP contribution < -0.4 is 11.1 Å².